The largest absolute Gasteiger partial charge is 0.691 e. The van der Waals surface area contributed by atoms with E-state index in [1.54, 1.807) is 0 Å². The minimum absolute atomic E-state index is 0.00832. The van der Waals surface area contributed by atoms with E-state index in [-0.39, 0.29) is 23.4 Å². The van der Waals surface area contributed by atoms with Crippen molar-refractivity contribution in [1.29, 1.82) is 0 Å². The SMILES string of the molecule is O=C(OCC1CC2CCC1C2)C(F)(F)SOO[O-].c1ccc([S+](c2ccccc2)c2ccccc2)cc1. The van der Waals surface area contributed by atoms with Crippen LogP contribution in [-0.2, 0) is 29.8 Å². The molecule has 2 saturated carbocycles. The molecule has 0 radical (unpaired) electrons. The summed E-state index contributed by atoms with van der Waals surface area (Å²) in [5, 5.41) is 8.27. The van der Waals surface area contributed by atoms with Crippen molar-refractivity contribution in [3.05, 3.63) is 91.0 Å². The van der Waals surface area contributed by atoms with Gasteiger partial charge in [-0.15, -0.1) is 0 Å². The Labute approximate surface area is 222 Å². The monoisotopic (exact) mass is 546 g/mol. The maximum atomic E-state index is 13.0. The Morgan fingerprint density at radius 3 is 1.78 bits per heavy atom. The molecule has 5 nitrogen and oxygen atoms in total. The zero-order valence-electron chi connectivity index (χ0n) is 20.0. The highest BCUT2D eigenvalue weighted by Gasteiger charge is 2.45. The fourth-order valence-electron chi connectivity index (χ4n) is 5.02. The summed E-state index contributed by atoms with van der Waals surface area (Å²) in [4.78, 5) is 15.2. The average molecular weight is 547 g/mol. The molecule has 3 aromatic carbocycles. The van der Waals surface area contributed by atoms with Crippen LogP contribution in [0.3, 0.4) is 0 Å². The Kier molecular flexibility index (Phi) is 9.99. The van der Waals surface area contributed by atoms with Gasteiger partial charge in [-0.2, -0.15) is 13.1 Å². The smallest absolute Gasteiger partial charge is 0.415 e. The molecule has 196 valence electrons. The molecule has 37 heavy (non-hydrogen) atoms. The van der Waals surface area contributed by atoms with Crippen LogP contribution in [0.1, 0.15) is 25.7 Å². The maximum absolute atomic E-state index is 13.0. The Hall–Kier alpha value is -2.43. The number of carbonyl (C=O) groups is 1. The average Bonchev–Trinajstić information content (AvgIpc) is 3.57. The lowest BCUT2D eigenvalue weighted by molar-refractivity contribution is -0.777. The molecule has 0 aliphatic heterocycles. The molecule has 9 heteroatoms. The number of fused-ring (bicyclic) bond motifs is 2. The number of halogens is 2. The minimum Gasteiger partial charge on any atom is -0.691 e. The highest BCUT2D eigenvalue weighted by atomic mass is 32.2. The van der Waals surface area contributed by atoms with Crippen molar-refractivity contribution in [3.63, 3.8) is 0 Å². The van der Waals surface area contributed by atoms with Gasteiger partial charge in [-0.1, -0.05) is 61.0 Å². The second-order valence-corrected chi connectivity index (χ2v) is 11.9. The summed E-state index contributed by atoms with van der Waals surface area (Å²) in [6.07, 6.45) is 4.33. The van der Waals surface area contributed by atoms with Crippen molar-refractivity contribution >= 4 is 28.9 Å². The number of alkyl halides is 2. The van der Waals surface area contributed by atoms with Crippen LogP contribution < -0.4 is 5.26 Å². The van der Waals surface area contributed by atoms with E-state index in [0.717, 1.165) is 19.3 Å². The quantitative estimate of drug-likeness (QED) is 0.104. The van der Waals surface area contributed by atoms with Crippen LogP contribution in [0, 0.1) is 17.8 Å². The molecule has 2 aliphatic carbocycles. The second kappa shape index (κ2) is 13.4. The summed E-state index contributed by atoms with van der Waals surface area (Å²) in [6, 6.07) is 32.2. The van der Waals surface area contributed by atoms with Crippen molar-refractivity contribution in [3.8, 4) is 0 Å². The molecule has 0 amide bonds. The van der Waals surface area contributed by atoms with Gasteiger partial charge in [-0.25, -0.2) is 4.79 Å². The number of rotatable bonds is 9. The van der Waals surface area contributed by atoms with Crippen molar-refractivity contribution in [1.82, 2.24) is 0 Å². The molecule has 3 atom stereocenters. The number of benzene rings is 3. The third kappa shape index (κ3) is 7.55. The highest BCUT2D eigenvalue weighted by Crippen LogP contribution is 2.48. The molecule has 2 bridgehead atoms. The lowest BCUT2D eigenvalue weighted by Crippen LogP contribution is -2.30. The van der Waals surface area contributed by atoms with Crippen LogP contribution in [-0.4, -0.2) is 17.8 Å². The predicted octanol–water partition coefficient (Wildman–Crippen LogP) is 6.21. The highest BCUT2D eigenvalue weighted by molar-refractivity contribution is 7.97. The Balaban J connectivity index is 0.000000173. The third-order valence-corrected chi connectivity index (χ3v) is 9.38. The van der Waals surface area contributed by atoms with Crippen molar-refractivity contribution in [2.24, 2.45) is 17.8 Å². The van der Waals surface area contributed by atoms with E-state index >= 15 is 0 Å². The zero-order valence-corrected chi connectivity index (χ0v) is 21.7. The number of esters is 1. The van der Waals surface area contributed by atoms with Crippen LogP contribution in [0.15, 0.2) is 106 Å². The third-order valence-electron chi connectivity index (χ3n) is 6.65. The molecule has 5 rings (SSSR count). The summed E-state index contributed by atoms with van der Waals surface area (Å²) in [5.74, 6) is -0.367. The van der Waals surface area contributed by atoms with Crippen molar-refractivity contribution in [2.75, 3.05) is 6.61 Å². The Morgan fingerprint density at radius 2 is 1.38 bits per heavy atom. The summed E-state index contributed by atoms with van der Waals surface area (Å²) < 4.78 is 34.1. The molecular formula is C28H28F2O5S2. The number of hydrogen-bond donors (Lipinski definition) is 0. The normalized spacial score (nSPS) is 20.4. The van der Waals surface area contributed by atoms with Gasteiger partial charge in [0.05, 0.1) is 17.5 Å². The van der Waals surface area contributed by atoms with Gasteiger partial charge in [-0.3, -0.25) is 5.04 Å². The number of hydrogen-bond acceptors (Lipinski definition) is 6. The second-order valence-electron chi connectivity index (χ2n) is 9.01. The first kappa shape index (κ1) is 27.6. The molecule has 0 aromatic heterocycles. The van der Waals surface area contributed by atoms with Crippen LogP contribution in [0.4, 0.5) is 8.78 Å². The van der Waals surface area contributed by atoms with Gasteiger partial charge in [-0.05, 0) is 73.4 Å². The van der Waals surface area contributed by atoms with Crippen molar-refractivity contribution in [2.45, 2.75) is 45.6 Å². The van der Waals surface area contributed by atoms with Gasteiger partial charge in [0.1, 0.15) is 12.0 Å². The molecule has 2 aliphatic rings. The van der Waals surface area contributed by atoms with Crippen LogP contribution >= 0.6 is 12.0 Å². The van der Waals surface area contributed by atoms with Gasteiger partial charge in [0.25, 0.3) is 0 Å². The van der Waals surface area contributed by atoms with E-state index < -0.39 is 23.3 Å². The zero-order chi connectivity index (χ0) is 26.1. The van der Waals surface area contributed by atoms with Crippen molar-refractivity contribution < 1.29 is 32.9 Å². The van der Waals surface area contributed by atoms with Crippen LogP contribution in [0.25, 0.3) is 0 Å². The molecule has 0 spiro atoms. The maximum Gasteiger partial charge on any atom is 0.415 e. The topological polar surface area (TPSA) is 67.8 Å². The Bertz CT molecular complexity index is 1010. The molecular weight excluding hydrogens is 518 g/mol. The predicted molar refractivity (Wildman–Crippen MR) is 136 cm³/mol. The lowest BCUT2D eigenvalue weighted by atomic mass is 9.90. The van der Waals surface area contributed by atoms with Crippen LogP contribution in [0.2, 0.25) is 0 Å². The molecule has 0 saturated heterocycles. The molecule has 0 heterocycles. The fraction of sp³-hybridized carbons (Fsp3) is 0.321. The molecule has 3 aromatic rings. The van der Waals surface area contributed by atoms with Gasteiger partial charge < -0.3 is 9.99 Å². The van der Waals surface area contributed by atoms with Gasteiger partial charge in [0.2, 0.25) is 0 Å². The van der Waals surface area contributed by atoms with E-state index in [1.807, 2.05) is 0 Å². The van der Waals surface area contributed by atoms with Crippen LogP contribution in [0.5, 0.6) is 0 Å². The van der Waals surface area contributed by atoms with E-state index in [4.69, 9.17) is 0 Å². The van der Waals surface area contributed by atoms with Gasteiger partial charge >= 0.3 is 11.2 Å². The summed E-state index contributed by atoms with van der Waals surface area (Å²) in [6.45, 7) is 0.00832. The number of carbonyl (C=O) groups excluding carboxylic acids is 1. The molecule has 0 N–H and O–H groups in total. The van der Waals surface area contributed by atoms with Gasteiger partial charge in [0, 0.05) is 0 Å². The number of ether oxygens (including phenoxy) is 1. The first-order valence-corrected chi connectivity index (χ1v) is 14.0. The van der Waals surface area contributed by atoms with E-state index in [0.29, 0.717) is 11.8 Å². The lowest BCUT2D eigenvalue weighted by Gasteiger charge is -2.22. The first-order chi connectivity index (χ1) is 18.0. The Morgan fingerprint density at radius 1 is 0.865 bits per heavy atom. The molecule has 2 fully saturated rings. The van der Waals surface area contributed by atoms with E-state index in [9.17, 15) is 18.8 Å². The minimum atomic E-state index is -3.93. The first-order valence-electron chi connectivity index (χ1n) is 12.1. The summed E-state index contributed by atoms with van der Waals surface area (Å²) >= 11 is -0.658. The van der Waals surface area contributed by atoms with E-state index in [2.05, 4.69) is 105 Å². The molecule has 3 unspecified atom stereocenters. The standard InChI is InChI=1S/C18H15S.C10H14F2O5S/c1-4-10-16(11-5-1)19(17-12-6-2-7-13-17)18-14-8-3-9-15-18;11-10(12,18-17-16-14)9(13)15-5-8-4-6-1-2-7(8)3-6/h1-15H;6-8,14H,1-5H2/q+1;/p-1. The van der Waals surface area contributed by atoms with E-state index in [1.165, 1.54) is 21.1 Å². The van der Waals surface area contributed by atoms with Gasteiger partial charge in [0.15, 0.2) is 14.7 Å². The summed E-state index contributed by atoms with van der Waals surface area (Å²) in [7, 11) is -0.0146. The fourth-order valence-corrected chi connectivity index (χ4v) is 7.36. The summed E-state index contributed by atoms with van der Waals surface area (Å²) in [5.41, 5.74) is 0.